The van der Waals surface area contributed by atoms with Crippen LogP contribution in [0.15, 0.2) is 40.6 Å². The van der Waals surface area contributed by atoms with E-state index in [2.05, 4.69) is 42.4 Å². The maximum absolute atomic E-state index is 9.32. The van der Waals surface area contributed by atoms with E-state index < -0.39 is 0 Å². The normalized spacial score (nSPS) is 11.5. The Kier molecular flexibility index (Phi) is 4.16. The van der Waals surface area contributed by atoms with Crippen molar-refractivity contribution in [2.24, 2.45) is 5.10 Å². The molecule has 0 aliphatic heterocycles. The number of phenols is 1. The SMILES string of the molecule is C=C(N/N=C(\C)c1ccc(O)cc1)c1nnn(-c2nonc2N)c1C. The van der Waals surface area contributed by atoms with Gasteiger partial charge in [-0.15, -0.1) is 5.10 Å². The fraction of sp³-hybridized carbons (Fsp3) is 0.133. The number of phenolic OH excluding ortho intramolecular Hbond substituents is 1. The van der Waals surface area contributed by atoms with Crippen molar-refractivity contribution in [1.29, 1.82) is 0 Å². The molecule has 0 unspecified atom stereocenters. The van der Waals surface area contributed by atoms with Crippen LogP contribution in [0.1, 0.15) is 23.9 Å². The molecule has 3 rings (SSSR count). The number of hydrogen-bond acceptors (Lipinski definition) is 9. The highest BCUT2D eigenvalue weighted by Crippen LogP contribution is 2.18. The summed E-state index contributed by atoms with van der Waals surface area (Å²) in [5, 5.41) is 28.8. The molecular formula is C15H16N8O2. The predicted molar refractivity (Wildman–Crippen MR) is 90.9 cm³/mol. The molecule has 10 heteroatoms. The standard InChI is InChI=1S/C15H16N8O2/c1-8(11-4-6-12(24)7-5-11)17-18-9(2)13-10(3)23(22-19-13)15-14(16)20-25-21-15/h4-7,18,24H,2H2,1,3H3,(H2,16,20)/b17-8+. The van der Waals surface area contributed by atoms with Crippen LogP contribution in [0.3, 0.4) is 0 Å². The van der Waals surface area contributed by atoms with E-state index in [9.17, 15) is 5.11 Å². The molecule has 0 saturated carbocycles. The van der Waals surface area contributed by atoms with Gasteiger partial charge in [-0.3, -0.25) is 5.43 Å². The summed E-state index contributed by atoms with van der Waals surface area (Å²) in [4.78, 5) is 0. The van der Waals surface area contributed by atoms with E-state index in [1.807, 2.05) is 6.92 Å². The summed E-state index contributed by atoms with van der Waals surface area (Å²) in [6, 6.07) is 6.71. The van der Waals surface area contributed by atoms with Gasteiger partial charge in [0.05, 0.1) is 17.1 Å². The number of nitrogens with zero attached hydrogens (tertiary/aromatic N) is 6. The van der Waals surface area contributed by atoms with Gasteiger partial charge >= 0.3 is 0 Å². The Morgan fingerprint density at radius 2 is 2.04 bits per heavy atom. The van der Waals surface area contributed by atoms with Crippen molar-refractivity contribution in [3.05, 3.63) is 47.8 Å². The van der Waals surface area contributed by atoms with Gasteiger partial charge in [-0.05, 0) is 54.0 Å². The van der Waals surface area contributed by atoms with Crippen molar-refractivity contribution in [3.8, 4) is 11.6 Å². The zero-order valence-electron chi connectivity index (χ0n) is 13.6. The number of aromatic hydroxyl groups is 1. The van der Waals surface area contributed by atoms with Crippen LogP contribution in [0.2, 0.25) is 0 Å². The minimum Gasteiger partial charge on any atom is -0.508 e. The van der Waals surface area contributed by atoms with Gasteiger partial charge in [-0.2, -0.15) is 9.78 Å². The lowest BCUT2D eigenvalue weighted by Gasteiger charge is -2.05. The molecule has 0 aliphatic rings. The fourth-order valence-corrected chi connectivity index (χ4v) is 2.12. The Hall–Kier alpha value is -3.69. The molecule has 0 spiro atoms. The van der Waals surface area contributed by atoms with Crippen LogP contribution in [0.5, 0.6) is 5.75 Å². The summed E-state index contributed by atoms with van der Waals surface area (Å²) >= 11 is 0. The van der Waals surface area contributed by atoms with E-state index in [0.29, 0.717) is 17.1 Å². The third-order valence-corrected chi connectivity index (χ3v) is 3.52. The number of hydrogen-bond donors (Lipinski definition) is 3. The number of aromatic nitrogens is 5. The molecule has 128 valence electrons. The molecule has 3 aromatic rings. The number of nitrogens with one attached hydrogen (secondary N) is 1. The second-order valence-corrected chi connectivity index (χ2v) is 5.24. The Bertz CT molecular complexity index is 939. The summed E-state index contributed by atoms with van der Waals surface area (Å²) in [7, 11) is 0. The van der Waals surface area contributed by atoms with Gasteiger partial charge < -0.3 is 10.8 Å². The molecule has 0 atom stereocenters. The highest BCUT2D eigenvalue weighted by atomic mass is 16.6. The molecule has 0 saturated heterocycles. The minimum atomic E-state index is 0.110. The Balaban J connectivity index is 1.78. The first kappa shape index (κ1) is 16.2. The first-order valence-corrected chi connectivity index (χ1v) is 7.27. The van der Waals surface area contributed by atoms with Gasteiger partial charge in [0.2, 0.25) is 11.6 Å². The first-order valence-electron chi connectivity index (χ1n) is 7.27. The third kappa shape index (κ3) is 3.17. The lowest BCUT2D eigenvalue weighted by molar-refractivity contribution is 0.306. The molecule has 2 heterocycles. The third-order valence-electron chi connectivity index (χ3n) is 3.52. The molecule has 10 nitrogen and oxygen atoms in total. The first-order chi connectivity index (χ1) is 12.0. The van der Waals surface area contributed by atoms with Gasteiger partial charge in [-0.1, -0.05) is 11.8 Å². The van der Waals surface area contributed by atoms with E-state index >= 15 is 0 Å². The highest BCUT2D eigenvalue weighted by Gasteiger charge is 2.17. The smallest absolute Gasteiger partial charge is 0.243 e. The molecule has 4 N–H and O–H groups in total. The average Bonchev–Trinajstić information content (AvgIpc) is 3.18. The van der Waals surface area contributed by atoms with E-state index in [1.54, 1.807) is 31.2 Å². The van der Waals surface area contributed by atoms with Crippen LogP contribution in [0.25, 0.3) is 11.5 Å². The Morgan fingerprint density at radius 1 is 1.32 bits per heavy atom. The van der Waals surface area contributed by atoms with E-state index in [0.717, 1.165) is 11.3 Å². The molecule has 0 fully saturated rings. The number of rotatable bonds is 5. The predicted octanol–water partition coefficient (Wildman–Crippen LogP) is 1.23. The number of hydrazone groups is 1. The lowest BCUT2D eigenvalue weighted by Crippen LogP contribution is -2.09. The van der Waals surface area contributed by atoms with Crippen molar-refractivity contribution in [3.63, 3.8) is 0 Å². The van der Waals surface area contributed by atoms with Crippen molar-refractivity contribution in [2.75, 3.05) is 5.73 Å². The molecule has 0 aliphatic carbocycles. The maximum Gasteiger partial charge on any atom is 0.243 e. The quantitative estimate of drug-likeness (QED) is 0.465. The minimum absolute atomic E-state index is 0.110. The monoisotopic (exact) mass is 340 g/mol. The van der Waals surface area contributed by atoms with E-state index in [4.69, 9.17) is 5.73 Å². The number of anilines is 1. The topological polar surface area (TPSA) is 140 Å². The zero-order valence-corrected chi connectivity index (χ0v) is 13.6. The summed E-state index contributed by atoms with van der Waals surface area (Å²) in [5.41, 5.74) is 11.7. The van der Waals surface area contributed by atoms with Gasteiger partial charge in [0.15, 0.2) is 0 Å². The van der Waals surface area contributed by atoms with Crippen LogP contribution in [0.4, 0.5) is 5.82 Å². The Labute approximate surface area is 142 Å². The van der Waals surface area contributed by atoms with Gasteiger partial charge in [0, 0.05) is 0 Å². The summed E-state index contributed by atoms with van der Waals surface area (Å²) in [6.45, 7) is 7.53. The molecule has 0 bridgehead atoms. The molecule has 1 aromatic carbocycles. The van der Waals surface area contributed by atoms with Gasteiger partial charge in [-0.25, -0.2) is 4.63 Å². The van der Waals surface area contributed by atoms with Gasteiger partial charge in [0.1, 0.15) is 11.4 Å². The van der Waals surface area contributed by atoms with Crippen LogP contribution in [-0.4, -0.2) is 36.1 Å². The largest absolute Gasteiger partial charge is 0.508 e. The summed E-state index contributed by atoms with van der Waals surface area (Å²) in [6.07, 6.45) is 0. The second-order valence-electron chi connectivity index (χ2n) is 5.24. The fourth-order valence-electron chi connectivity index (χ4n) is 2.12. The highest BCUT2D eigenvalue weighted by molar-refractivity contribution is 5.98. The van der Waals surface area contributed by atoms with Crippen LogP contribution in [-0.2, 0) is 0 Å². The van der Waals surface area contributed by atoms with Crippen molar-refractivity contribution in [2.45, 2.75) is 13.8 Å². The van der Waals surface area contributed by atoms with E-state index in [-0.39, 0.29) is 17.4 Å². The maximum atomic E-state index is 9.32. The molecule has 2 aromatic heterocycles. The molecule has 25 heavy (non-hydrogen) atoms. The van der Waals surface area contributed by atoms with Crippen LogP contribution < -0.4 is 11.2 Å². The lowest BCUT2D eigenvalue weighted by atomic mass is 10.1. The summed E-state index contributed by atoms with van der Waals surface area (Å²) in [5.74, 6) is 0.565. The van der Waals surface area contributed by atoms with Crippen LogP contribution >= 0.6 is 0 Å². The molecule has 0 radical (unpaired) electrons. The van der Waals surface area contributed by atoms with Crippen molar-refractivity contribution in [1.82, 2.24) is 30.7 Å². The van der Waals surface area contributed by atoms with E-state index in [1.165, 1.54) is 4.68 Å². The van der Waals surface area contributed by atoms with Gasteiger partial charge in [0.25, 0.3) is 0 Å². The van der Waals surface area contributed by atoms with Crippen molar-refractivity contribution >= 4 is 17.2 Å². The number of nitrogens with two attached hydrogens (primary N) is 1. The van der Waals surface area contributed by atoms with Crippen molar-refractivity contribution < 1.29 is 9.74 Å². The number of nitrogen functional groups attached to an aromatic ring is 1. The zero-order chi connectivity index (χ0) is 18.0. The molecule has 0 amide bonds. The average molecular weight is 340 g/mol. The second kappa shape index (κ2) is 6.43. The van der Waals surface area contributed by atoms with Crippen LogP contribution in [0, 0.1) is 6.92 Å². The summed E-state index contributed by atoms with van der Waals surface area (Å²) < 4.78 is 5.98. The molecular weight excluding hydrogens is 324 g/mol. The Morgan fingerprint density at radius 3 is 2.68 bits per heavy atom. The number of benzene rings is 1.